The van der Waals surface area contributed by atoms with Crippen molar-refractivity contribution in [2.24, 2.45) is 0 Å². The normalized spacial score (nSPS) is 11.0. The summed E-state index contributed by atoms with van der Waals surface area (Å²) in [6, 6.07) is 4.89. The van der Waals surface area contributed by atoms with E-state index in [1.54, 1.807) is 13.0 Å². The van der Waals surface area contributed by atoms with Gasteiger partial charge in [-0.3, -0.25) is 10.7 Å². The number of aromatic nitrogens is 3. The molecule has 2 amide bonds. The van der Waals surface area contributed by atoms with Gasteiger partial charge in [0.2, 0.25) is 5.95 Å². The van der Waals surface area contributed by atoms with Gasteiger partial charge in [0, 0.05) is 0 Å². The highest BCUT2D eigenvalue weighted by Crippen LogP contribution is 2.19. The lowest BCUT2D eigenvalue weighted by Gasteiger charge is -2.10. The number of amides is 2. The lowest BCUT2D eigenvalue weighted by molar-refractivity contribution is 0.250. The summed E-state index contributed by atoms with van der Waals surface area (Å²) < 4.78 is 29.0. The van der Waals surface area contributed by atoms with Crippen LogP contribution in [0.25, 0.3) is 0 Å². The third kappa shape index (κ3) is 4.50. The van der Waals surface area contributed by atoms with Gasteiger partial charge in [0.15, 0.2) is 0 Å². The van der Waals surface area contributed by atoms with E-state index >= 15 is 0 Å². The molecule has 2 aromatic rings. The van der Waals surface area contributed by atoms with Gasteiger partial charge in [-0.1, -0.05) is 23.7 Å². The van der Waals surface area contributed by atoms with Crippen molar-refractivity contribution in [3.63, 3.8) is 0 Å². The molecule has 0 aliphatic carbocycles. The molecule has 1 aromatic carbocycles. The zero-order valence-corrected chi connectivity index (χ0v) is 14.1. The molecule has 0 atom stereocenters. The molecule has 0 bridgehead atoms. The molecule has 0 unspecified atom stereocenters. The van der Waals surface area contributed by atoms with Gasteiger partial charge in [-0.2, -0.15) is 15.0 Å². The minimum Gasteiger partial charge on any atom is -0.467 e. The number of carbonyl (C=O) groups excluding carboxylic acids is 1. The van der Waals surface area contributed by atoms with Crippen LogP contribution in [-0.2, 0) is 10.0 Å². The molecule has 0 spiro atoms. The maximum Gasteiger partial charge on any atom is 0.336 e. The van der Waals surface area contributed by atoms with Crippen molar-refractivity contribution < 1.29 is 17.9 Å². The van der Waals surface area contributed by atoms with Gasteiger partial charge in [0.25, 0.3) is 10.0 Å². The summed E-state index contributed by atoms with van der Waals surface area (Å²) in [5.74, 6) is 0.211. The number of benzene rings is 1. The molecule has 0 saturated carbocycles. The van der Waals surface area contributed by atoms with Crippen molar-refractivity contribution in [2.45, 2.75) is 11.8 Å². The van der Waals surface area contributed by atoms with Gasteiger partial charge in [0.05, 0.1) is 12.1 Å². The Kier molecular flexibility index (Phi) is 5.49. The van der Waals surface area contributed by atoms with Crippen molar-refractivity contribution in [3.05, 3.63) is 35.1 Å². The summed E-state index contributed by atoms with van der Waals surface area (Å²) in [7, 11) is -2.67. The monoisotopic (exact) mass is 372 g/mol. The molecule has 1 heterocycles. The number of halogens is 1. The second kappa shape index (κ2) is 7.38. The van der Waals surface area contributed by atoms with E-state index in [-0.39, 0.29) is 21.9 Å². The Bertz CT molecular complexity index is 860. The number of urea groups is 1. The highest BCUT2D eigenvalue weighted by Gasteiger charge is 2.18. The van der Waals surface area contributed by atoms with Gasteiger partial charge in [-0.15, -0.1) is 4.83 Å². The standard InChI is InChI=1S/C12H13ClN6O4S/c1-7-14-10(17-12(15-7)23-2)16-11(20)18-19-24(21,22)9-6-4-3-5-8(9)13/h3-6,19H,1-2H3,(H2,14,15,16,17,18,20). The van der Waals surface area contributed by atoms with Gasteiger partial charge < -0.3 is 4.74 Å². The molecule has 12 heteroatoms. The van der Waals surface area contributed by atoms with Crippen LogP contribution in [0.5, 0.6) is 6.01 Å². The number of rotatable bonds is 5. The van der Waals surface area contributed by atoms with Gasteiger partial charge in [0.1, 0.15) is 10.7 Å². The SMILES string of the molecule is COc1nc(C)nc(NC(=O)NNS(=O)(=O)c2ccccc2Cl)n1. The number of sulfonamides is 1. The van der Waals surface area contributed by atoms with E-state index in [4.69, 9.17) is 16.3 Å². The number of ether oxygens (including phenoxy) is 1. The van der Waals surface area contributed by atoms with E-state index in [0.717, 1.165) is 0 Å². The maximum atomic E-state index is 12.1. The minimum absolute atomic E-state index is 0.00875. The topological polar surface area (TPSA) is 135 Å². The van der Waals surface area contributed by atoms with Crippen molar-refractivity contribution >= 4 is 33.6 Å². The van der Waals surface area contributed by atoms with Crippen LogP contribution in [0.15, 0.2) is 29.2 Å². The molecule has 24 heavy (non-hydrogen) atoms. The van der Waals surface area contributed by atoms with Crippen LogP contribution in [0.1, 0.15) is 5.82 Å². The molecule has 128 valence electrons. The van der Waals surface area contributed by atoms with Gasteiger partial charge in [-0.25, -0.2) is 13.2 Å². The van der Waals surface area contributed by atoms with E-state index < -0.39 is 16.1 Å². The summed E-state index contributed by atoms with van der Waals surface area (Å²) in [4.78, 5) is 25.0. The molecule has 3 N–H and O–H groups in total. The zero-order chi connectivity index (χ0) is 17.7. The number of anilines is 1. The maximum absolute atomic E-state index is 12.1. The van der Waals surface area contributed by atoms with Gasteiger partial charge in [-0.05, 0) is 19.1 Å². The molecular formula is C12H13ClN6O4S. The number of methoxy groups -OCH3 is 1. The number of hydrogen-bond acceptors (Lipinski definition) is 7. The smallest absolute Gasteiger partial charge is 0.336 e. The molecule has 0 aliphatic heterocycles. The predicted octanol–water partition coefficient (Wildman–Crippen LogP) is 0.857. The van der Waals surface area contributed by atoms with E-state index in [0.29, 0.717) is 5.82 Å². The fourth-order valence-corrected chi connectivity index (χ4v) is 2.93. The van der Waals surface area contributed by atoms with Crippen LogP contribution in [0.3, 0.4) is 0 Å². The van der Waals surface area contributed by atoms with E-state index in [9.17, 15) is 13.2 Å². The third-order valence-electron chi connectivity index (χ3n) is 2.56. The molecule has 1 aromatic heterocycles. The Morgan fingerprint density at radius 3 is 2.58 bits per heavy atom. The third-order valence-corrected chi connectivity index (χ3v) is 4.31. The lowest BCUT2D eigenvalue weighted by Crippen LogP contribution is -2.44. The molecule has 0 saturated heterocycles. The first-order valence-electron chi connectivity index (χ1n) is 6.42. The summed E-state index contributed by atoms with van der Waals surface area (Å²) in [6.07, 6.45) is 0. The number of hydrazine groups is 1. The molecule has 2 rings (SSSR count). The summed E-state index contributed by atoms with van der Waals surface area (Å²) in [5, 5.41) is 2.26. The van der Waals surface area contributed by atoms with Crippen LogP contribution >= 0.6 is 11.6 Å². The van der Waals surface area contributed by atoms with Crippen molar-refractivity contribution in [1.29, 1.82) is 0 Å². The average Bonchev–Trinajstić information content (AvgIpc) is 2.52. The van der Waals surface area contributed by atoms with E-state index in [2.05, 4.69) is 20.3 Å². The Labute approximate surface area is 142 Å². The summed E-state index contributed by atoms with van der Waals surface area (Å²) >= 11 is 5.82. The molecular weight excluding hydrogens is 360 g/mol. The molecule has 0 radical (unpaired) electrons. The highest BCUT2D eigenvalue weighted by atomic mass is 35.5. The average molecular weight is 373 g/mol. The number of nitrogens with zero attached hydrogens (tertiary/aromatic N) is 3. The fraction of sp³-hybridized carbons (Fsp3) is 0.167. The minimum atomic E-state index is -4.03. The van der Waals surface area contributed by atoms with Gasteiger partial charge >= 0.3 is 12.0 Å². The van der Waals surface area contributed by atoms with Crippen LogP contribution < -0.4 is 20.3 Å². The fourth-order valence-electron chi connectivity index (χ4n) is 1.57. The Morgan fingerprint density at radius 2 is 1.92 bits per heavy atom. The zero-order valence-electron chi connectivity index (χ0n) is 12.6. The van der Waals surface area contributed by atoms with Crippen molar-refractivity contribution in [2.75, 3.05) is 12.4 Å². The first-order chi connectivity index (χ1) is 11.3. The van der Waals surface area contributed by atoms with Crippen molar-refractivity contribution in [3.8, 4) is 6.01 Å². The second-order valence-corrected chi connectivity index (χ2v) is 6.37. The number of nitrogens with one attached hydrogen (secondary N) is 3. The largest absolute Gasteiger partial charge is 0.467 e. The second-order valence-electron chi connectivity index (χ2n) is 4.31. The Morgan fingerprint density at radius 1 is 1.21 bits per heavy atom. The number of aryl methyl sites for hydroxylation is 1. The molecule has 0 aliphatic rings. The van der Waals surface area contributed by atoms with Crippen LogP contribution in [0.2, 0.25) is 5.02 Å². The Hall–Kier alpha value is -2.50. The highest BCUT2D eigenvalue weighted by molar-refractivity contribution is 7.89. The van der Waals surface area contributed by atoms with E-state index in [1.165, 1.54) is 25.3 Å². The summed E-state index contributed by atoms with van der Waals surface area (Å²) in [6.45, 7) is 1.58. The number of hydrogen-bond donors (Lipinski definition) is 3. The Balaban J connectivity index is 2.03. The first kappa shape index (κ1) is 17.8. The predicted molar refractivity (Wildman–Crippen MR) is 85.0 cm³/mol. The van der Waals surface area contributed by atoms with Crippen LogP contribution in [0, 0.1) is 6.92 Å². The lowest BCUT2D eigenvalue weighted by atomic mass is 10.4. The molecule has 10 nitrogen and oxygen atoms in total. The summed E-state index contributed by atoms with van der Waals surface area (Å²) in [5.41, 5.74) is 1.97. The quantitative estimate of drug-likeness (QED) is 0.662. The van der Waals surface area contributed by atoms with Crippen LogP contribution in [0.4, 0.5) is 10.7 Å². The van der Waals surface area contributed by atoms with E-state index in [1.807, 2.05) is 10.3 Å². The molecule has 0 fully saturated rings. The first-order valence-corrected chi connectivity index (χ1v) is 8.28. The number of carbonyl (C=O) groups is 1. The van der Waals surface area contributed by atoms with Crippen molar-refractivity contribution in [1.82, 2.24) is 25.2 Å². The van der Waals surface area contributed by atoms with Crippen LogP contribution in [-0.4, -0.2) is 36.5 Å².